The highest BCUT2D eigenvalue weighted by Crippen LogP contribution is 2.03. The predicted molar refractivity (Wildman–Crippen MR) is 48.7 cm³/mol. The van der Waals surface area contributed by atoms with Gasteiger partial charge in [-0.15, -0.1) is 14.3 Å². The van der Waals surface area contributed by atoms with E-state index >= 15 is 0 Å². The Morgan fingerprint density at radius 3 is 2.82 bits per heavy atom. The topological polar surface area (TPSA) is 30.7 Å². The Kier molecular flexibility index (Phi) is 3.01. The standard InChI is InChI=1S/C7H14N3P/c1-6(2)10-5-7(3-4-11)8-9-10/h5-6H,3-4,11H2,1-2H3. The lowest BCUT2D eigenvalue weighted by atomic mass is 10.3. The molecule has 0 bridgehead atoms. The summed E-state index contributed by atoms with van der Waals surface area (Å²) in [5.41, 5.74) is 1.08. The Hall–Kier alpha value is -0.430. The van der Waals surface area contributed by atoms with Gasteiger partial charge in [-0.05, 0) is 26.4 Å². The van der Waals surface area contributed by atoms with E-state index in [1.165, 1.54) is 0 Å². The summed E-state index contributed by atoms with van der Waals surface area (Å²) in [4.78, 5) is 0. The first kappa shape index (κ1) is 8.66. The summed E-state index contributed by atoms with van der Waals surface area (Å²) in [7, 11) is 2.68. The zero-order valence-electron chi connectivity index (χ0n) is 6.99. The van der Waals surface area contributed by atoms with Gasteiger partial charge in [0, 0.05) is 12.2 Å². The van der Waals surface area contributed by atoms with Crippen molar-refractivity contribution in [3.05, 3.63) is 11.9 Å². The third-order valence-electron chi connectivity index (χ3n) is 1.49. The molecule has 1 unspecified atom stereocenters. The van der Waals surface area contributed by atoms with Crippen LogP contribution in [0.2, 0.25) is 0 Å². The van der Waals surface area contributed by atoms with Gasteiger partial charge >= 0.3 is 0 Å². The summed E-state index contributed by atoms with van der Waals surface area (Å²) in [5.74, 6) is 0. The summed E-state index contributed by atoms with van der Waals surface area (Å²) in [5, 5.41) is 8.02. The molecule has 1 heterocycles. The van der Waals surface area contributed by atoms with Gasteiger partial charge in [0.25, 0.3) is 0 Å². The number of rotatable bonds is 3. The van der Waals surface area contributed by atoms with Gasteiger partial charge in [-0.1, -0.05) is 5.21 Å². The van der Waals surface area contributed by atoms with Crippen LogP contribution in [0.15, 0.2) is 6.20 Å². The molecule has 0 aliphatic rings. The maximum atomic E-state index is 4.03. The van der Waals surface area contributed by atoms with E-state index in [2.05, 4.69) is 33.4 Å². The highest BCUT2D eigenvalue weighted by Gasteiger charge is 2.01. The molecule has 0 N–H and O–H groups in total. The smallest absolute Gasteiger partial charge is 0.0830 e. The predicted octanol–water partition coefficient (Wildman–Crippen LogP) is 1.28. The molecule has 0 fully saturated rings. The van der Waals surface area contributed by atoms with Crippen molar-refractivity contribution >= 4 is 9.24 Å². The lowest BCUT2D eigenvalue weighted by Gasteiger charge is -2.00. The van der Waals surface area contributed by atoms with E-state index in [-0.39, 0.29) is 0 Å². The molecule has 1 rings (SSSR count). The van der Waals surface area contributed by atoms with Crippen molar-refractivity contribution in [3.8, 4) is 0 Å². The number of hydrogen-bond donors (Lipinski definition) is 0. The molecule has 4 heteroatoms. The maximum Gasteiger partial charge on any atom is 0.0830 e. The lowest BCUT2D eigenvalue weighted by Crippen LogP contribution is -2.00. The van der Waals surface area contributed by atoms with E-state index in [9.17, 15) is 0 Å². The Morgan fingerprint density at radius 2 is 2.36 bits per heavy atom. The van der Waals surface area contributed by atoms with Crippen LogP contribution in [-0.2, 0) is 6.42 Å². The van der Waals surface area contributed by atoms with Crippen molar-refractivity contribution in [2.45, 2.75) is 26.3 Å². The van der Waals surface area contributed by atoms with E-state index < -0.39 is 0 Å². The fraction of sp³-hybridized carbons (Fsp3) is 0.714. The molecular weight excluding hydrogens is 157 g/mol. The summed E-state index contributed by atoms with van der Waals surface area (Å²) in [6.45, 7) is 4.19. The SMILES string of the molecule is CC(C)n1cc(CCP)nn1. The number of hydrogen-bond acceptors (Lipinski definition) is 2. The summed E-state index contributed by atoms with van der Waals surface area (Å²) in [6.07, 6.45) is 4.06. The van der Waals surface area contributed by atoms with Gasteiger partial charge in [0.05, 0.1) is 5.69 Å². The van der Waals surface area contributed by atoms with Crippen molar-refractivity contribution in [2.24, 2.45) is 0 Å². The van der Waals surface area contributed by atoms with Crippen molar-refractivity contribution < 1.29 is 0 Å². The van der Waals surface area contributed by atoms with Gasteiger partial charge in [0.2, 0.25) is 0 Å². The highest BCUT2D eigenvalue weighted by atomic mass is 31.0. The molecule has 62 valence electrons. The van der Waals surface area contributed by atoms with Crippen LogP contribution in [0.25, 0.3) is 0 Å². The van der Waals surface area contributed by atoms with Gasteiger partial charge in [0.15, 0.2) is 0 Å². The fourth-order valence-corrected chi connectivity index (χ4v) is 1.12. The van der Waals surface area contributed by atoms with Gasteiger partial charge in [-0.2, -0.15) is 0 Å². The second kappa shape index (κ2) is 3.82. The highest BCUT2D eigenvalue weighted by molar-refractivity contribution is 7.16. The molecule has 1 atom stereocenters. The first-order chi connectivity index (χ1) is 5.24. The van der Waals surface area contributed by atoms with Gasteiger partial charge in [-0.3, -0.25) is 0 Å². The van der Waals surface area contributed by atoms with Crippen LogP contribution in [0.3, 0.4) is 0 Å². The Balaban J connectivity index is 2.66. The van der Waals surface area contributed by atoms with E-state index in [1.807, 2.05) is 10.9 Å². The number of aromatic nitrogens is 3. The van der Waals surface area contributed by atoms with E-state index in [0.29, 0.717) is 6.04 Å². The van der Waals surface area contributed by atoms with E-state index in [1.54, 1.807) is 0 Å². The molecule has 3 nitrogen and oxygen atoms in total. The second-order valence-corrected chi connectivity index (χ2v) is 3.40. The lowest BCUT2D eigenvalue weighted by molar-refractivity contribution is 0.514. The van der Waals surface area contributed by atoms with Gasteiger partial charge in [-0.25, -0.2) is 4.68 Å². The normalized spacial score (nSPS) is 10.9. The minimum atomic E-state index is 0.417. The van der Waals surface area contributed by atoms with Crippen molar-refractivity contribution in [1.82, 2.24) is 15.0 Å². The molecule has 0 radical (unpaired) electrons. The number of nitrogens with zero attached hydrogens (tertiary/aromatic N) is 3. The van der Waals surface area contributed by atoms with Crippen LogP contribution in [0, 0.1) is 0 Å². The summed E-state index contributed by atoms with van der Waals surface area (Å²) in [6, 6.07) is 0.417. The maximum absolute atomic E-state index is 4.03. The van der Waals surface area contributed by atoms with Crippen LogP contribution < -0.4 is 0 Å². The zero-order valence-corrected chi connectivity index (χ0v) is 8.14. The van der Waals surface area contributed by atoms with Crippen molar-refractivity contribution in [3.63, 3.8) is 0 Å². The van der Waals surface area contributed by atoms with Crippen molar-refractivity contribution in [1.29, 1.82) is 0 Å². The summed E-state index contributed by atoms with van der Waals surface area (Å²) < 4.78 is 1.88. The Bertz CT molecular complexity index is 219. The molecule has 0 saturated carbocycles. The first-order valence-electron chi connectivity index (χ1n) is 3.85. The number of aryl methyl sites for hydroxylation is 1. The molecule has 1 aromatic heterocycles. The first-order valence-corrected chi connectivity index (χ1v) is 4.66. The van der Waals surface area contributed by atoms with Crippen LogP contribution in [0.1, 0.15) is 25.6 Å². The molecular formula is C7H14N3P. The average molecular weight is 171 g/mol. The van der Waals surface area contributed by atoms with Gasteiger partial charge in [0.1, 0.15) is 0 Å². The molecule has 0 aromatic carbocycles. The molecule has 1 aromatic rings. The quantitative estimate of drug-likeness (QED) is 0.641. The van der Waals surface area contributed by atoms with Crippen LogP contribution in [-0.4, -0.2) is 21.2 Å². The molecule has 11 heavy (non-hydrogen) atoms. The third kappa shape index (κ3) is 2.26. The van der Waals surface area contributed by atoms with E-state index in [0.717, 1.165) is 18.3 Å². The van der Waals surface area contributed by atoms with Crippen LogP contribution in [0.5, 0.6) is 0 Å². The molecule has 0 saturated heterocycles. The van der Waals surface area contributed by atoms with E-state index in [4.69, 9.17) is 0 Å². The molecule has 0 amide bonds. The Labute approximate surface area is 69.4 Å². The third-order valence-corrected chi connectivity index (χ3v) is 1.78. The minimum absolute atomic E-state index is 0.417. The largest absolute Gasteiger partial charge is 0.250 e. The average Bonchev–Trinajstić information content (AvgIpc) is 2.37. The second-order valence-electron chi connectivity index (χ2n) is 2.82. The zero-order chi connectivity index (χ0) is 8.27. The molecule has 0 aliphatic carbocycles. The summed E-state index contributed by atoms with van der Waals surface area (Å²) >= 11 is 0. The fourth-order valence-electron chi connectivity index (χ4n) is 0.828. The van der Waals surface area contributed by atoms with Gasteiger partial charge < -0.3 is 0 Å². The molecule has 0 spiro atoms. The van der Waals surface area contributed by atoms with Crippen LogP contribution in [0.4, 0.5) is 0 Å². The Morgan fingerprint density at radius 1 is 1.64 bits per heavy atom. The van der Waals surface area contributed by atoms with Crippen molar-refractivity contribution in [2.75, 3.05) is 6.16 Å². The van der Waals surface area contributed by atoms with Crippen LogP contribution >= 0.6 is 9.24 Å². The monoisotopic (exact) mass is 171 g/mol. The minimum Gasteiger partial charge on any atom is -0.250 e. The molecule has 0 aliphatic heterocycles.